The van der Waals surface area contributed by atoms with Crippen molar-refractivity contribution in [1.82, 2.24) is 4.90 Å². The molecular formula is C15H20FNO5. The van der Waals surface area contributed by atoms with Crippen LogP contribution in [0.5, 0.6) is 17.2 Å². The number of hydrogen-bond acceptors (Lipinski definition) is 5. The van der Waals surface area contributed by atoms with Crippen LogP contribution in [0, 0.1) is 0 Å². The van der Waals surface area contributed by atoms with Crippen LogP contribution >= 0.6 is 0 Å². The van der Waals surface area contributed by atoms with E-state index in [0.717, 1.165) is 0 Å². The van der Waals surface area contributed by atoms with Gasteiger partial charge < -0.3 is 24.2 Å². The molecule has 1 aromatic rings. The maximum Gasteiger partial charge on any atom is 0.257 e. The molecule has 2 rings (SSSR count). The molecule has 1 aromatic carbocycles. The van der Waals surface area contributed by atoms with Gasteiger partial charge in [-0.3, -0.25) is 4.79 Å². The fourth-order valence-corrected chi connectivity index (χ4v) is 2.50. The summed E-state index contributed by atoms with van der Waals surface area (Å²) in [5.74, 6) is 0.779. The number of carbonyl (C=O) groups excluding carboxylic acids is 1. The van der Waals surface area contributed by atoms with E-state index in [1.807, 2.05) is 0 Å². The second kappa shape index (κ2) is 6.39. The molecule has 6 nitrogen and oxygen atoms in total. The summed E-state index contributed by atoms with van der Waals surface area (Å²) in [7, 11) is 4.39. The minimum Gasteiger partial charge on any atom is -0.496 e. The van der Waals surface area contributed by atoms with E-state index in [1.54, 1.807) is 6.07 Å². The van der Waals surface area contributed by atoms with Crippen molar-refractivity contribution < 1.29 is 28.5 Å². The zero-order valence-electron chi connectivity index (χ0n) is 12.9. The number of likely N-dealkylation sites (tertiary alicyclic amines) is 1. The first-order valence-corrected chi connectivity index (χ1v) is 6.87. The van der Waals surface area contributed by atoms with E-state index in [4.69, 9.17) is 19.3 Å². The molecule has 1 aliphatic rings. The van der Waals surface area contributed by atoms with Crippen molar-refractivity contribution in [3.63, 3.8) is 0 Å². The van der Waals surface area contributed by atoms with Crippen molar-refractivity contribution in [3.05, 3.63) is 17.7 Å². The van der Waals surface area contributed by atoms with E-state index < -0.39 is 12.3 Å². The zero-order chi connectivity index (χ0) is 16.3. The molecule has 1 unspecified atom stereocenters. The van der Waals surface area contributed by atoms with Gasteiger partial charge in [-0.25, -0.2) is 4.39 Å². The van der Waals surface area contributed by atoms with Gasteiger partial charge in [0.15, 0.2) is 17.2 Å². The zero-order valence-corrected chi connectivity index (χ0v) is 12.9. The molecule has 0 spiro atoms. The first-order chi connectivity index (χ1) is 10.5. The van der Waals surface area contributed by atoms with Gasteiger partial charge in [0.05, 0.1) is 40.0 Å². The summed E-state index contributed by atoms with van der Waals surface area (Å²) in [6.45, 7) is -0.493. The third kappa shape index (κ3) is 2.94. The van der Waals surface area contributed by atoms with E-state index in [1.165, 1.54) is 32.3 Å². The molecule has 1 atom stereocenters. The van der Waals surface area contributed by atoms with Crippen LogP contribution in [0.1, 0.15) is 16.8 Å². The summed E-state index contributed by atoms with van der Waals surface area (Å²) in [4.78, 5) is 14.0. The van der Waals surface area contributed by atoms with Gasteiger partial charge in [-0.1, -0.05) is 0 Å². The monoisotopic (exact) mass is 313 g/mol. The SMILES string of the molecule is COc1cc(OC)c(C(=O)N2CCC(F)(CO)C2)cc1OC. The molecule has 1 saturated heterocycles. The number of aliphatic hydroxyl groups is 1. The number of carbonyl (C=O) groups is 1. The molecule has 1 N–H and O–H groups in total. The Bertz CT molecular complexity index is 565. The topological polar surface area (TPSA) is 68.2 Å². The number of benzene rings is 1. The lowest BCUT2D eigenvalue weighted by Crippen LogP contribution is -2.35. The number of nitrogens with zero attached hydrogens (tertiary/aromatic N) is 1. The van der Waals surface area contributed by atoms with Crippen LogP contribution in [0.2, 0.25) is 0 Å². The van der Waals surface area contributed by atoms with E-state index >= 15 is 0 Å². The summed E-state index contributed by atoms with van der Waals surface area (Å²) in [6.07, 6.45) is 0.116. The molecule has 1 aliphatic heterocycles. The lowest BCUT2D eigenvalue weighted by Gasteiger charge is -2.21. The minimum atomic E-state index is -1.74. The standard InChI is InChI=1S/C15H20FNO5/c1-20-11-7-13(22-3)12(21-2)6-10(11)14(19)17-5-4-15(16,8-17)9-18/h6-7,18H,4-5,8-9H2,1-3H3. The van der Waals surface area contributed by atoms with E-state index in [2.05, 4.69) is 0 Å². The predicted octanol–water partition coefficient (Wildman–Crippen LogP) is 1.26. The lowest BCUT2D eigenvalue weighted by atomic mass is 10.1. The number of aliphatic hydroxyl groups excluding tert-OH is 1. The van der Waals surface area contributed by atoms with Crippen molar-refractivity contribution in [2.24, 2.45) is 0 Å². The summed E-state index contributed by atoms with van der Waals surface area (Å²) in [5, 5.41) is 9.07. The van der Waals surface area contributed by atoms with Gasteiger partial charge in [-0.2, -0.15) is 0 Å². The Morgan fingerprint density at radius 1 is 1.23 bits per heavy atom. The Hall–Kier alpha value is -2.02. The van der Waals surface area contributed by atoms with Gasteiger partial charge in [0.1, 0.15) is 5.75 Å². The fraction of sp³-hybridized carbons (Fsp3) is 0.533. The van der Waals surface area contributed by atoms with Gasteiger partial charge in [-0.15, -0.1) is 0 Å². The molecular weight excluding hydrogens is 293 g/mol. The van der Waals surface area contributed by atoms with Gasteiger partial charge in [0.25, 0.3) is 5.91 Å². The maximum atomic E-state index is 14.1. The van der Waals surface area contributed by atoms with Crippen molar-refractivity contribution >= 4 is 5.91 Å². The molecule has 0 bridgehead atoms. The highest BCUT2D eigenvalue weighted by Crippen LogP contribution is 2.36. The number of rotatable bonds is 5. The molecule has 1 amide bonds. The third-order valence-corrected chi connectivity index (χ3v) is 3.81. The number of hydrogen-bond donors (Lipinski definition) is 1. The second-order valence-corrected chi connectivity index (χ2v) is 5.19. The van der Waals surface area contributed by atoms with Gasteiger partial charge >= 0.3 is 0 Å². The quantitative estimate of drug-likeness (QED) is 0.886. The van der Waals surface area contributed by atoms with Crippen molar-refractivity contribution in [2.75, 3.05) is 41.0 Å². The maximum absolute atomic E-state index is 14.1. The molecule has 0 radical (unpaired) electrons. The highest BCUT2D eigenvalue weighted by Gasteiger charge is 2.40. The molecule has 0 saturated carbocycles. The van der Waals surface area contributed by atoms with Gasteiger partial charge in [-0.05, 0) is 0 Å². The molecule has 1 fully saturated rings. The Kier molecular flexibility index (Phi) is 4.75. The average molecular weight is 313 g/mol. The second-order valence-electron chi connectivity index (χ2n) is 5.19. The van der Waals surface area contributed by atoms with Crippen LogP contribution in [0.15, 0.2) is 12.1 Å². The number of alkyl halides is 1. The molecule has 122 valence electrons. The van der Waals surface area contributed by atoms with E-state index in [9.17, 15) is 9.18 Å². The molecule has 22 heavy (non-hydrogen) atoms. The summed E-state index contributed by atoms with van der Waals surface area (Å²) >= 11 is 0. The van der Waals surface area contributed by atoms with E-state index in [0.29, 0.717) is 17.2 Å². The van der Waals surface area contributed by atoms with Gasteiger partial charge in [0.2, 0.25) is 0 Å². The third-order valence-electron chi connectivity index (χ3n) is 3.81. The van der Waals surface area contributed by atoms with Crippen molar-refractivity contribution in [3.8, 4) is 17.2 Å². The Balaban J connectivity index is 2.33. The van der Waals surface area contributed by atoms with Crippen LogP contribution in [-0.2, 0) is 0 Å². The van der Waals surface area contributed by atoms with Crippen LogP contribution in [-0.4, -0.2) is 62.6 Å². The van der Waals surface area contributed by atoms with Gasteiger partial charge in [0, 0.05) is 25.1 Å². The number of ether oxygens (including phenoxy) is 3. The Labute approximate surface area is 128 Å². The summed E-state index contributed by atoms with van der Waals surface area (Å²) < 4.78 is 29.7. The Morgan fingerprint density at radius 2 is 1.82 bits per heavy atom. The van der Waals surface area contributed by atoms with Crippen LogP contribution in [0.3, 0.4) is 0 Å². The first-order valence-electron chi connectivity index (χ1n) is 6.87. The van der Waals surface area contributed by atoms with Crippen molar-refractivity contribution in [1.29, 1.82) is 0 Å². The lowest BCUT2D eigenvalue weighted by molar-refractivity contribution is 0.0628. The Morgan fingerprint density at radius 3 is 2.32 bits per heavy atom. The first kappa shape index (κ1) is 16.4. The highest BCUT2D eigenvalue weighted by atomic mass is 19.1. The van der Waals surface area contributed by atoms with Crippen molar-refractivity contribution in [2.45, 2.75) is 12.1 Å². The largest absolute Gasteiger partial charge is 0.496 e. The summed E-state index contributed by atoms with van der Waals surface area (Å²) in [6, 6.07) is 3.06. The highest BCUT2D eigenvalue weighted by molar-refractivity contribution is 5.98. The predicted molar refractivity (Wildman–Crippen MR) is 77.5 cm³/mol. The molecule has 7 heteroatoms. The smallest absolute Gasteiger partial charge is 0.257 e. The molecule has 0 aromatic heterocycles. The van der Waals surface area contributed by atoms with Crippen LogP contribution in [0.25, 0.3) is 0 Å². The number of amides is 1. The normalized spacial score (nSPS) is 20.9. The average Bonchev–Trinajstić information content (AvgIpc) is 2.95. The number of halogens is 1. The van der Waals surface area contributed by atoms with Crippen LogP contribution in [0.4, 0.5) is 4.39 Å². The minimum absolute atomic E-state index is 0.116. The molecule has 0 aliphatic carbocycles. The van der Waals surface area contributed by atoms with Crippen LogP contribution < -0.4 is 14.2 Å². The molecule has 1 heterocycles. The fourth-order valence-electron chi connectivity index (χ4n) is 2.50. The van der Waals surface area contributed by atoms with E-state index in [-0.39, 0.29) is 31.0 Å². The summed E-state index contributed by atoms with van der Waals surface area (Å²) in [5.41, 5.74) is -1.47. The number of methoxy groups -OCH3 is 3.